The maximum Gasteiger partial charge on any atom is 0.152 e. The van der Waals surface area contributed by atoms with E-state index in [1.54, 1.807) is 18.0 Å². The molecule has 1 saturated heterocycles. The third kappa shape index (κ3) is 4.33. The maximum atomic E-state index is 6.29. The van der Waals surface area contributed by atoms with Crippen LogP contribution in [-0.4, -0.2) is 39.6 Å². The van der Waals surface area contributed by atoms with Gasteiger partial charge in [-0.25, -0.2) is 9.98 Å². The second-order valence-corrected chi connectivity index (χ2v) is 9.34. The second kappa shape index (κ2) is 8.78. The Labute approximate surface area is 177 Å². The Balaban J connectivity index is 1.68. The monoisotopic (exact) mass is 419 g/mol. The number of nitrogens with two attached hydrogens (primary N) is 1. The Bertz CT molecular complexity index is 794. The molecule has 28 heavy (non-hydrogen) atoms. The van der Waals surface area contributed by atoms with Crippen molar-refractivity contribution in [2.75, 3.05) is 24.7 Å². The lowest BCUT2D eigenvalue weighted by Crippen LogP contribution is -2.46. The van der Waals surface area contributed by atoms with E-state index in [4.69, 9.17) is 22.3 Å². The summed E-state index contributed by atoms with van der Waals surface area (Å²) in [5.74, 6) is 2.87. The minimum absolute atomic E-state index is 0.371. The molecule has 0 saturated carbocycles. The first-order chi connectivity index (χ1) is 13.4. The van der Waals surface area contributed by atoms with Gasteiger partial charge in [0.05, 0.1) is 16.6 Å². The molecule has 7 heteroatoms. The Morgan fingerprint density at radius 3 is 2.71 bits per heavy atom. The zero-order chi connectivity index (χ0) is 20.3. The van der Waals surface area contributed by atoms with Crippen LogP contribution >= 0.6 is 23.4 Å². The highest BCUT2D eigenvalue weighted by Gasteiger charge is 2.35. The fraction of sp³-hybridized carbons (Fsp3) is 0.524. The molecule has 0 bridgehead atoms. The largest absolute Gasteiger partial charge is 0.382 e. The van der Waals surface area contributed by atoms with Crippen LogP contribution in [0, 0.1) is 11.3 Å². The van der Waals surface area contributed by atoms with Crippen LogP contribution in [0.1, 0.15) is 40.5 Å². The van der Waals surface area contributed by atoms with Crippen molar-refractivity contribution in [1.82, 2.24) is 14.8 Å². The highest BCUT2D eigenvalue weighted by Crippen LogP contribution is 2.39. The highest BCUT2D eigenvalue weighted by molar-refractivity contribution is 7.99. The molecule has 5 nitrogen and oxygen atoms in total. The van der Waals surface area contributed by atoms with Crippen LogP contribution in [0.5, 0.6) is 0 Å². The molecule has 0 aliphatic carbocycles. The molecule has 1 fully saturated rings. The van der Waals surface area contributed by atoms with Crippen LogP contribution in [0.3, 0.4) is 0 Å². The van der Waals surface area contributed by atoms with Gasteiger partial charge in [-0.1, -0.05) is 38.4 Å². The number of nitrogen functional groups attached to an aromatic ring is 1. The van der Waals surface area contributed by atoms with Gasteiger partial charge in [-0.05, 0) is 37.2 Å². The zero-order valence-electron chi connectivity index (χ0n) is 17.2. The fourth-order valence-corrected chi connectivity index (χ4v) is 4.78. The number of pyridine rings is 1. The zero-order valence-corrected chi connectivity index (χ0v) is 18.7. The number of nitrogens with zero attached hydrogens (tertiary/aromatic N) is 4. The number of anilines is 1. The lowest BCUT2D eigenvalue weighted by Gasteiger charge is -2.44. The third-order valence-electron chi connectivity index (χ3n) is 6.09. The van der Waals surface area contributed by atoms with Crippen LogP contribution in [0.4, 0.5) is 5.82 Å². The highest BCUT2D eigenvalue weighted by atomic mass is 35.5. The van der Waals surface area contributed by atoms with Gasteiger partial charge in [-0.2, -0.15) is 0 Å². The Hall–Kier alpha value is -1.66. The van der Waals surface area contributed by atoms with Gasteiger partial charge < -0.3 is 15.5 Å². The first kappa shape index (κ1) is 21.1. The Morgan fingerprint density at radius 2 is 2.07 bits per heavy atom. The van der Waals surface area contributed by atoms with Crippen molar-refractivity contribution in [3.8, 4) is 0 Å². The topological polar surface area (TPSA) is 57.8 Å². The average Bonchev–Trinajstić information content (AvgIpc) is 2.69. The minimum atomic E-state index is 0.371. The van der Waals surface area contributed by atoms with Crippen molar-refractivity contribution >= 4 is 35.0 Å². The minimum Gasteiger partial charge on any atom is -0.382 e. The van der Waals surface area contributed by atoms with Crippen LogP contribution in [-0.2, 0) is 0 Å². The molecule has 0 radical (unpaired) electrons. The number of hydrogen-bond acceptors (Lipinski definition) is 6. The van der Waals surface area contributed by atoms with Crippen molar-refractivity contribution in [2.45, 2.75) is 45.4 Å². The SMILES string of the molecule is C/C=C1/C(N2CCC(C)(C(C)C)CC2)=NC=CN1CSc1ccnc(N)c1Cl. The molecular formula is C21H30ClN5S. The number of rotatable bonds is 4. The van der Waals surface area contributed by atoms with Crippen molar-refractivity contribution in [3.05, 3.63) is 41.5 Å². The predicted octanol–water partition coefficient (Wildman–Crippen LogP) is 5.21. The summed E-state index contributed by atoms with van der Waals surface area (Å²) in [5.41, 5.74) is 7.39. The van der Waals surface area contributed by atoms with E-state index in [1.807, 2.05) is 18.5 Å². The molecule has 0 aromatic carbocycles. The average molecular weight is 420 g/mol. The number of likely N-dealkylation sites (tertiary alicyclic amines) is 1. The summed E-state index contributed by atoms with van der Waals surface area (Å²) >= 11 is 7.94. The van der Waals surface area contributed by atoms with Gasteiger partial charge in [0.1, 0.15) is 5.82 Å². The summed E-state index contributed by atoms with van der Waals surface area (Å²) < 4.78 is 0. The summed E-state index contributed by atoms with van der Waals surface area (Å²) in [5, 5.41) is 0.522. The summed E-state index contributed by atoms with van der Waals surface area (Å²) in [6.07, 6.45) is 10.1. The van der Waals surface area contributed by atoms with Gasteiger partial charge in [0, 0.05) is 36.6 Å². The van der Waals surface area contributed by atoms with Crippen molar-refractivity contribution < 1.29 is 0 Å². The molecule has 0 spiro atoms. The van der Waals surface area contributed by atoms with Gasteiger partial charge in [0.25, 0.3) is 0 Å². The van der Waals surface area contributed by atoms with E-state index in [9.17, 15) is 0 Å². The lowest BCUT2D eigenvalue weighted by molar-refractivity contribution is 0.112. The molecular weight excluding hydrogens is 390 g/mol. The number of aromatic nitrogens is 1. The van der Waals surface area contributed by atoms with Crippen molar-refractivity contribution in [1.29, 1.82) is 0 Å². The van der Waals surface area contributed by atoms with Crippen molar-refractivity contribution in [3.63, 3.8) is 0 Å². The molecule has 152 valence electrons. The lowest BCUT2D eigenvalue weighted by atomic mass is 9.72. The number of amidine groups is 1. The molecule has 2 N–H and O–H groups in total. The van der Waals surface area contributed by atoms with Crippen LogP contribution < -0.4 is 5.73 Å². The molecule has 2 aliphatic rings. The summed E-state index contributed by atoms with van der Waals surface area (Å²) in [6, 6.07) is 1.90. The quantitative estimate of drug-likeness (QED) is 0.678. The molecule has 2 aliphatic heterocycles. The predicted molar refractivity (Wildman–Crippen MR) is 120 cm³/mol. The molecule has 3 rings (SSSR count). The molecule has 3 heterocycles. The number of hydrogen-bond donors (Lipinski definition) is 1. The van der Waals surface area contributed by atoms with Crippen LogP contribution in [0.25, 0.3) is 0 Å². The van der Waals surface area contributed by atoms with Gasteiger partial charge in [-0.3, -0.25) is 0 Å². The molecule has 1 aromatic rings. The van der Waals surface area contributed by atoms with Crippen LogP contribution in [0.2, 0.25) is 5.02 Å². The van der Waals surface area contributed by atoms with Crippen molar-refractivity contribution in [2.24, 2.45) is 16.3 Å². The normalized spacial score (nSPS) is 20.8. The Kier molecular flexibility index (Phi) is 6.61. The number of thioether (sulfide) groups is 1. The van der Waals surface area contributed by atoms with E-state index in [-0.39, 0.29) is 0 Å². The van der Waals surface area contributed by atoms with Crippen LogP contribution in [0.15, 0.2) is 46.3 Å². The first-order valence-electron chi connectivity index (χ1n) is 9.81. The van der Waals surface area contributed by atoms with Gasteiger partial charge >= 0.3 is 0 Å². The molecule has 0 unspecified atom stereocenters. The van der Waals surface area contributed by atoms with E-state index < -0.39 is 0 Å². The first-order valence-corrected chi connectivity index (χ1v) is 11.2. The molecule has 0 amide bonds. The summed E-state index contributed by atoms with van der Waals surface area (Å²) in [4.78, 5) is 14.3. The Morgan fingerprint density at radius 1 is 1.36 bits per heavy atom. The van der Waals surface area contributed by atoms with Gasteiger partial charge in [0.2, 0.25) is 0 Å². The number of piperidine rings is 1. The standard InChI is InChI=1S/C21H30ClN5S/c1-5-16-20(26-11-7-21(4,8-12-26)15(2)3)25-10-13-27(16)14-28-17-6-9-24-19(23)18(17)22/h5-6,9-10,13,15H,7-8,11-12,14H2,1-4H3,(H2,23,24)/b16-5-. The van der Waals surface area contributed by atoms with E-state index in [1.165, 1.54) is 12.8 Å². The fourth-order valence-electron chi connectivity index (χ4n) is 3.61. The number of aliphatic imine (C=N–C) groups is 1. The second-order valence-electron chi connectivity index (χ2n) is 7.97. The number of halogens is 1. The smallest absolute Gasteiger partial charge is 0.152 e. The third-order valence-corrected chi connectivity index (χ3v) is 7.66. The van der Waals surface area contributed by atoms with E-state index in [2.05, 4.69) is 48.6 Å². The summed E-state index contributed by atoms with van der Waals surface area (Å²) in [6.45, 7) is 11.3. The van der Waals surface area contributed by atoms with E-state index >= 15 is 0 Å². The number of allylic oxidation sites excluding steroid dienone is 1. The van der Waals surface area contributed by atoms with E-state index in [0.717, 1.165) is 35.4 Å². The molecule has 1 aromatic heterocycles. The summed E-state index contributed by atoms with van der Waals surface area (Å²) in [7, 11) is 0. The molecule has 0 atom stereocenters. The van der Waals surface area contributed by atoms with Gasteiger partial charge in [0.15, 0.2) is 5.84 Å². The van der Waals surface area contributed by atoms with Gasteiger partial charge in [-0.15, -0.1) is 11.8 Å². The maximum absolute atomic E-state index is 6.29. The van der Waals surface area contributed by atoms with E-state index in [0.29, 0.717) is 22.2 Å².